The molecule has 0 spiro atoms. The number of imidazole rings is 1. The molecule has 2 heterocycles. The van der Waals surface area contributed by atoms with Crippen molar-refractivity contribution in [1.29, 1.82) is 0 Å². The van der Waals surface area contributed by atoms with E-state index < -0.39 is 0 Å². The number of piperidine rings is 1. The van der Waals surface area contributed by atoms with Crippen molar-refractivity contribution < 1.29 is 9.53 Å². The highest BCUT2D eigenvalue weighted by Crippen LogP contribution is 2.31. The minimum absolute atomic E-state index is 0.0198. The van der Waals surface area contributed by atoms with Crippen LogP contribution in [0.3, 0.4) is 0 Å². The number of rotatable bonds is 12. The summed E-state index contributed by atoms with van der Waals surface area (Å²) in [7, 11) is 0. The van der Waals surface area contributed by atoms with E-state index in [2.05, 4.69) is 54.1 Å². The fraction of sp³-hybridized carbons (Fsp3) is 0.429. The van der Waals surface area contributed by atoms with Crippen molar-refractivity contribution in [2.75, 3.05) is 26.2 Å². The number of likely N-dealkylation sites (tertiary alicyclic amines) is 1. The molecular formula is C35H44N4O2. The lowest BCUT2D eigenvalue weighted by Gasteiger charge is -2.33. The van der Waals surface area contributed by atoms with Gasteiger partial charge in [-0.3, -0.25) is 9.69 Å². The highest BCUT2D eigenvalue weighted by molar-refractivity contribution is 5.97. The SMILES string of the molecule is CCOc1ccccc1C(=O)N(CCC(C)C)C(Cc1ccccc1CN1CCCCC1)c1nc2ccccc2[nH]1. The number of aromatic nitrogens is 2. The number of nitrogens with zero attached hydrogens (tertiary/aromatic N) is 3. The Morgan fingerprint density at radius 2 is 1.66 bits per heavy atom. The maximum absolute atomic E-state index is 14.5. The van der Waals surface area contributed by atoms with E-state index in [1.54, 1.807) is 0 Å². The fourth-order valence-electron chi connectivity index (χ4n) is 5.84. The van der Waals surface area contributed by atoms with E-state index in [1.165, 1.54) is 30.4 Å². The molecule has 1 aliphatic heterocycles. The molecule has 1 fully saturated rings. The lowest BCUT2D eigenvalue weighted by molar-refractivity contribution is 0.0652. The Bertz CT molecular complexity index is 1390. The number of carbonyl (C=O) groups excluding carboxylic acids is 1. The molecule has 3 aromatic carbocycles. The van der Waals surface area contributed by atoms with Gasteiger partial charge in [-0.05, 0) is 80.6 Å². The molecule has 1 aliphatic rings. The van der Waals surface area contributed by atoms with Gasteiger partial charge in [0.2, 0.25) is 0 Å². The van der Waals surface area contributed by atoms with Gasteiger partial charge in [0.15, 0.2) is 0 Å². The zero-order valence-electron chi connectivity index (χ0n) is 24.8. The molecule has 1 aromatic heterocycles. The minimum atomic E-state index is -0.258. The van der Waals surface area contributed by atoms with Gasteiger partial charge in [0.05, 0.1) is 29.2 Å². The van der Waals surface area contributed by atoms with E-state index >= 15 is 0 Å². The smallest absolute Gasteiger partial charge is 0.258 e. The van der Waals surface area contributed by atoms with E-state index in [9.17, 15) is 4.79 Å². The first-order valence-electron chi connectivity index (χ1n) is 15.3. The molecule has 1 saturated heterocycles. The number of aromatic amines is 1. The zero-order valence-corrected chi connectivity index (χ0v) is 24.8. The highest BCUT2D eigenvalue weighted by Gasteiger charge is 2.31. The first-order chi connectivity index (χ1) is 20.0. The lowest BCUT2D eigenvalue weighted by Crippen LogP contribution is -2.38. The van der Waals surface area contributed by atoms with Gasteiger partial charge in [-0.2, -0.15) is 0 Å². The number of carbonyl (C=O) groups is 1. The van der Waals surface area contributed by atoms with Crippen LogP contribution in [0.5, 0.6) is 5.75 Å². The van der Waals surface area contributed by atoms with Gasteiger partial charge in [-0.15, -0.1) is 0 Å². The number of para-hydroxylation sites is 3. The van der Waals surface area contributed by atoms with Gasteiger partial charge in [0.1, 0.15) is 11.6 Å². The Kier molecular flexibility index (Phi) is 9.73. The van der Waals surface area contributed by atoms with Crippen molar-refractivity contribution in [2.24, 2.45) is 5.92 Å². The maximum atomic E-state index is 14.5. The summed E-state index contributed by atoms with van der Waals surface area (Å²) in [5, 5.41) is 0. The van der Waals surface area contributed by atoms with Crippen LogP contribution in [0.15, 0.2) is 72.8 Å². The number of hydrogen-bond donors (Lipinski definition) is 1. The summed E-state index contributed by atoms with van der Waals surface area (Å²) in [4.78, 5) is 27.7. The molecule has 0 radical (unpaired) electrons. The molecule has 1 atom stereocenters. The third-order valence-corrected chi connectivity index (χ3v) is 8.10. The van der Waals surface area contributed by atoms with Crippen LogP contribution in [0.2, 0.25) is 0 Å². The first kappa shape index (κ1) is 28.9. The Hall–Kier alpha value is -3.64. The average Bonchev–Trinajstić information content (AvgIpc) is 3.42. The zero-order chi connectivity index (χ0) is 28.6. The molecular weight excluding hydrogens is 508 g/mol. The van der Waals surface area contributed by atoms with Gasteiger partial charge in [-0.25, -0.2) is 4.98 Å². The highest BCUT2D eigenvalue weighted by atomic mass is 16.5. The topological polar surface area (TPSA) is 61.5 Å². The lowest BCUT2D eigenvalue weighted by atomic mass is 9.96. The number of ether oxygens (including phenoxy) is 1. The second kappa shape index (κ2) is 13.8. The normalized spacial score (nSPS) is 14.8. The summed E-state index contributed by atoms with van der Waals surface area (Å²) in [5.74, 6) is 1.89. The number of nitrogens with one attached hydrogen (secondary N) is 1. The van der Waals surface area contributed by atoms with E-state index in [0.717, 1.165) is 42.9 Å². The molecule has 0 bridgehead atoms. The Labute approximate surface area is 244 Å². The summed E-state index contributed by atoms with van der Waals surface area (Å²) in [6.07, 6.45) is 5.43. The average molecular weight is 553 g/mol. The van der Waals surface area contributed by atoms with Gasteiger partial charge in [0, 0.05) is 19.5 Å². The molecule has 6 heteroatoms. The standard InChI is InChI=1S/C35H44N4O2/c1-4-41-33-19-11-8-16-29(33)35(40)39(23-20-26(2)3)32(34-36-30-17-9-10-18-31(30)37-34)24-27-14-6-7-15-28(27)25-38-21-12-5-13-22-38/h6-11,14-19,26,32H,4-5,12-13,20-25H2,1-3H3,(H,36,37). The van der Waals surface area contributed by atoms with Crippen molar-refractivity contribution in [3.05, 3.63) is 95.3 Å². The number of benzene rings is 3. The number of amides is 1. The molecule has 1 N–H and O–H groups in total. The van der Waals surface area contributed by atoms with E-state index in [4.69, 9.17) is 9.72 Å². The summed E-state index contributed by atoms with van der Waals surface area (Å²) in [6.45, 7) is 10.7. The molecule has 1 unspecified atom stereocenters. The predicted molar refractivity (Wildman–Crippen MR) is 166 cm³/mol. The number of H-pyrrole nitrogens is 1. The first-order valence-corrected chi connectivity index (χ1v) is 15.3. The van der Waals surface area contributed by atoms with Crippen molar-refractivity contribution in [3.8, 4) is 5.75 Å². The van der Waals surface area contributed by atoms with Gasteiger partial charge < -0.3 is 14.6 Å². The molecule has 1 amide bonds. The molecule has 6 nitrogen and oxygen atoms in total. The molecule has 216 valence electrons. The van der Waals surface area contributed by atoms with E-state index in [0.29, 0.717) is 36.8 Å². The quantitative estimate of drug-likeness (QED) is 0.199. The van der Waals surface area contributed by atoms with Gasteiger partial charge in [0.25, 0.3) is 5.91 Å². The molecule has 4 aromatic rings. The monoisotopic (exact) mass is 552 g/mol. The molecule has 0 aliphatic carbocycles. The van der Waals surface area contributed by atoms with Crippen molar-refractivity contribution in [1.82, 2.24) is 19.8 Å². The largest absolute Gasteiger partial charge is 0.493 e. The second-order valence-corrected chi connectivity index (χ2v) is 11.6. The van der Waals surface area contributed by atoms with Crippen molar-refractivity contribution >= 4 is 16.9 Å². The van der Waals surface area contributed by atoms with E-state index in [1.807, 2.05) is 54.3 Å². The van der Waals surface area contributed by atoms with Crippen LogP contribution < -0.4 is 4.74 Å². The Morgan fingerprint density at radius 3 is 2.41 bits per heavy atom. The second-order valence-electron chi connectivity index (χ2n) is 11.6. The Balaban J connectivity index is 1.56. The molecule has 5 rings (SSSR count). The summed E-state index contributed by atoms with van der Waals surface area (Å²) in [6, 6.07) is 24.2. The van der Waals surface area contributed by atoms with Crippen LogP contribution in [0.1, 0.15) is 79.8 Å². The van der Waals surface area contributed by atoms with Crippen molar-refractivity contribution in [2.45, 2.75) is 65.5 Å². The van der Waals surface area contributed by atoms with E-state index in [-0.39, 0.29) is 11.9 Å². The van der Waals surface area contributed by atoms with Crippen LogP contribution in [0.25, 0.3) is 11.0 Å². The van der Waals surface area contributed by atoms with Crippen LogP contribution in [0.4, 0.5) is 0 Å². The number of fused-ring (bicyclic) bond motifs is 1. The van der Waals surface area contributed by atoms with Crippen LogP contribution in [-0.2, 0) is 13.0 Å². The Morgan fingerprint density at radius 1 is 0.951 bits per heavy atom. The molecule has 41 heavy (non-hydrogen) atoms. The molecule has 0 saturated carbocycles. The third kappa shape index (κ3) is 7.17. The van der Waals surface area contributed by atoms with Crippen LogP contribution in [0, 0.1) is 5.92 Å². The summed E-state index contributed by atoms with van der Waals surface area (Å²) in [5.41, 5.74) is 5.10. The van der Waals surface area contributed by atoms with Gasteiger partial charge in [-0.1, -0.05) is 68.8 Å². The third-order valence-electron chi connectivity index (χ3n) is 8.10. The van der Waals surface area contributed by atoms with Crippen molar-refractivity contribution in [3.63, 3.8) is 0 Å². The fourth-order valence-corrected chi connectivity index (χ4v) is 5.84. The summed E-state index contributed by atoms with van der Waals surface area (Å²) >= 11 is 0. The van der Waals surface area contributed by atoms with Crippen LogP contribution >= 0.6 is 0 Å². The maximum Gasteiger partial charge on any atom is 0.258 e. The minimum Gasteiger partial charge on any atom is -0.493 e. The summed E-state index contributed by atoms with van der Waals surface area (Å²) < 4.78 is 5.91. The van der Waals surface area contributed by atoms with Crippen LogP contribution in [-0.4, -0.2) is 51.9 Å². The predicted octanol–water partition coefficient (Wildman–Crippen LogP) is 7.42. The van der Waals surface area contributed by atoms with Gasteiger partial charge >= 0.3 is 0 Å². The number of hydrogen-bond acceptors (Lipinski definition) is 4.